The molecule has 0 radical (unpaired) electrons. The number of anilines is 1. The maximum atomic E-state index is 13.4. The van der Waals surface area contributed by atoms with Crippen LogP contribution in [0.2, 0.25) is 0 Å². The third-order valence-corrected chi connectivity index (χ3v) is 6.53. The summed E-state index contributed by atoms with van der Waals surface area (Å²) in [7, 11) is 3.15. The van der Waals surface area contributed by atoms with E-state index < -0.39 is 5.25 Å². The third kappa shape index (κ3) is 6.19. The van der Waals surface area contributed by atoms with Gasteiger partial charge in [-0.25, -0.2) is 9.38 Å². The predicted octanol–water partition coefficient (Wildman–Crippen LogP) is 5.00. The molecule has 1 saturated heterocycles. The second-order valence-corrected chi connectivity index (χ2v) is 8.90. The Hall–Kier alpha value is -3.85. The zero-order valence-corrected chi connectivity index (χ0v) is 20.0. The number of amides is 2. The van der Waals surface area contributed by atoms with Crippen molar-refractivity contribution in [3.8, 4) is 11.5 Å². The minimum absolute atomic E-state index is 0.0191. The summed E-state index contributed by atoms with van der Waals surface area (Å²) in [5.41, 5.74) is 1.96. The van der Waals surface area contributed by atoms with Crippen LogP contribution in [-0.2, 0) is 16.1 Å². The molecule has 3 aromatic rings. The summed E-state index contributed by atoms with van der Waals surface area (Å²) < 4.78 is 23.7. The lowest BCUT2D eigenvalue weighted by atomic mass is 10.2. The first kappa shape index (κ1) is 24.3. The van der Waals surface area contributed by atoms with E-state index in [-0.39, 0.29) is 30.6 Å². The van der Waals surface area contributed by atoms with Crippen LogP contribution in [0.3, 0.4) is 0 Å². The molecular weight excluding hydrogens is 469 g/mol. The van der Waals surface area contributed by atoms with Crippen molar-refractivity contribution in [1.82, 2.24) is 4.90 Å². The zero-order valence-electron chi connectivity index (χ0n) is 19.2. The number of carbonyl (C=O) groups excluding carboxylic acids is 2. The van der Waals surface area contributed by atoms with E-state index in [9.17, 15) is 14.0 Å². The van der Waals surface area contributed by atoms with Crippen LogP contribution in [0.1, 0.15) is 12.0 Å². The summed E-state index contributed by atoms with van der Waals surface area (Å²) >= 11 is 1.20. The van der Waals surface area contributed by atoms with Crippen LogP contribution in [0.5, 0.6) is 11.5 Å². The highest BCUT2D eigenvalue weighted by Gasteiger charge is 2.36. The lowest BCUT2D eigenvalue weighted by molar-refractivity contribution is -0.129. The molecule has 1 atom stereocenters. The first-order valence-electron chi connectivity index (χ1n) is 10.8. The quantitative estimate of drug-likeness (QED) is 0.501. The van der Waals surface area contributed by atoms with Gasteiger partial charge in [0.25, 0.3) is 0 Å². The van der Waals surface area contributed by atoms with E-state index in [0.29, 0.717) is 28.0 Å². The van der Waals surface area contributed by atoms with Gasteiger partial charge in [0.05, 0.1) is 26.5 Å². The van der Waals surface area contributed by atoms with Gasteiger partial charge >= 0.3 is 0 Å². The molecule has 35 heavy (non-hydrogen) atoms. The van der Waals surface area contributed by atoms with Gasteiger partial charge in [-0.2, -0.15) is 0 Å². The van der Waals surface area contributed by atoms with Crippen LogP contribution in [0, 0.1) is 5.82 Å². The molecule has 2 amide bonds. The van der Waals surface area contributed by atoms with Crippen LogP contribution in [0.4, 0.5) is 15.8 Å². The first-order valence-corrected chi connectivity index (χ1v) is 11.7. The van der Waals surface area contributed by atoms with E-state index in [2.05, 4.69) is 10.3 Å². The second-order valence-electron chi connectivity index (χ2n) is 7.73. The van der Waals surface area contributed by atoms with Crippen molar-refractivity contribution in [2.24, 2.45) is 4.99 Å². The number of aliphatic imine (C=N–C) groups is 1. The predicted molar refractivity (Wildman–Crippen MR) is 135 cm³/mol. The summed E-state index contributed by atoms with van der Waals surface area (Å²) in [6, 6.07) is 20.0. The molecule has 1 fully saturated rings. The lowest BCUT2D eigenvalue weighted by Crippen LogP contribution is -2.44. The molecule has 180 valence electrons. The summed E-state index contributed by atoms with van der Waals surface area (Å²) in [4.78, 5) is 32.3. The number of nitrogens with zero attached hydrogens (tertiary/aromatic N) is 2. The number of thioether (sulfide) groups is 1. The van der Waals surface area contributed by atoms with Crippen LogP contribution in [-0.4, -0.2) is 41.4 Å². The topological polar surface area (TPSA) is 80.2 Å². The van der Waals surface area contributed by atoms with Gasteiger partial charge in [-0.3, -0.25) is 14.5 Å². The standard InChI is InChI=1S/C26H24FN3O4S/c1-33-21-11-3-17(4-12-21)16-30-24(31)15-23(25(32)28-19-9-13-22(34-2)14-10-19)35-26(30)29-20-7-5-18(27)6-8-20/h3-14,23H,15-16H2,1-2H3,(H,28,32)/t23-/m0/s1. The maximum absolute atomic E-state index is 13.4. The SMILES string of the molecule is COc1ccc(CN2C(=O)C[C@@H](C(=O)Nc3ccc(OC)cc3)SC2=Nc2ccc(F)cc2)cc1. The molecule has 1 N–H and O–H groups in total. The van der Waals surface area contributed by atoms with Gasteiger partial charge in [0.1, 0.15) is 22.6 Å². The van der Waals surface area contributed by atoms with Crippen molar-refractivity contribution in [1.29, 1.82) is 0 Å². The average molecular weight is 494 g/mol. The van der Waals surface area contributed by atoms with Crippen LogP contribution >= 0.6 is 11.8 Å². The van der Waals surface area contributed by atoms with Gasteiger partial charge in [-0.15, -0.1) is 0 Å². The fraction of sp³-hybridized carbons (Fsp3) is 0.192. The normalized spacial score (nSPS) is 16.8. The molecule has 9 heteroatoms. The summed E-state index contributed by atoms with van der Waals surface area (Å²) in [6.45, 7) is 0.280. The lowest BCUT2D eigenvalue weighted by Gasteiger charge is -2.32. The second kappa shape index (κ2) is 11.1. The fourth-order valence-electron chi connectivity index (χ4n) is 3.43. The third-order valence-electron chi connectivity index (χ3n) is 5.34. The highest BCUT2D eigenvalue weighted by molar-refractivity contribution is 8.15. The van der Waals surface area contributed by atoms with Crippen molar-refractivity contribution in [2.45, 2.75) is 18.2 Å². The summed E-state index contributed by atoms with van der Waals surface area (Å²) in [5.74, 6) is 0.476. The van der Waals surface area contributed by atoms with Crippen molar-refractivity contribution >= 4 is 40.1 Å². The van der Waals surface area contributed by atoms with Crippen molar-refractivity contribution in [2.75, 3.05) is 19.5 Å². The molecule has 3 aromatic carbocycles. The van der Waals surface area contributed by atoms with Crippen molar-refractivity contribution < 1.29 is 23.5 Å². The minimum Gasteiger partial charge on any atom is -0.497 e. The molecule has 0 saturated carbocycles. The highest BCUT2D eigenvalue weighted by atomic mass is 32.2. The molecule has 0 spiro atoms. The molecule has 1 aliphatic rings. The number of benzene rings is 3. The average Bonchev–Trinajstić information content (AvgIpc) is 2.88. The Kier molecular flexibility index (Phi) is 7.67. The molecule has 0 bridgehead atoms. The Morgan fingerprint density at radius 2 is 1.60 bits per heavy atom. The van der Waals surface area contributed by atoms with E-state index in [0.717, 1.165) is 5.56 Å². The number of hydrogen-bond acceptors (Lipinski definition) is 6. The van der Waals surface area contributed by atoms with Crippen molar-refractivity contribution in [3.05, 3.63) is 84.2 Å². The number of nitrogens with one attached hydrogen (secondary N) is 1. The number of ether oxygens (including phenoxy) is 2. The largest absolute Gasteiger partial charge is 0.497 e. The molecule has 1 heterocycles. The number of halogens is 1. The molecule has 0 aliphatic carbocycles. The Labute approximate surface area is 207 Å². The maximum Gasteiger partial charge on any atom is 0.238 e. The van der Waals surface area contributed by atoms with Gasteiger partial charge in [-0.05, 0) is 66.2 Å². The van der Waals surface area contributed by atoms with E-state index in [4.69, 9.17) is 9.47 Å². The first-order chi connectivity index (χ1) is 16.9. The molecule has 4 rings (SSSR count). The molecule has 0 aromatic heterocycles. The monoisotopic (exact) mass is 493 g/mol. The summed E-state index contributed by atoms with van der Waals surface area (Å²) in [5, 5.41) is 2.55. The molecule has 0 unspecified atom stereocenters. The number of hydrogen-bond donors (Lipinski definition) is 1. The number of carbonyl (C=O) groups is 2. The molecule has 1 aliphatic heterocycles. The highest BCUT2D eigenvalue weighted by Crippen LogP contribution is 2.31. The van der Waals surface area contributed by atoms with Gasteiger partial charge < -0.3 is 14.8 Å². The van der Waals surface area contributed by atoms with E-state index in [1.165, 1.54) is 36.0 Å². The van der Waals surface area contributed by atoms with E-state index in [1.807, 2.05) is 24.3 Å². The minimum atomic E-state index is -0.670. The number of amidine groups is 1. The van der Waals surface area contributed by atoms with Crippen LogP contribution in [0.15, 0.2) is 77.8 Å². The Bertz CT molecular complexity index is 1210. The number of rotatable bonds is 7. The Morgan fingerprint density at radius 1 is 1.00 bits per heavy atom. The van der Waals surface area contributed by atoms with Crippen molar-refractivity contribution in [3.63, 3.8) is 0 Å². The van der Waals surface area contributed by atoms with Gasteiger partial charge in [0, 0.05) is 12.1 Å². The Balaban J connectivity index is 1.57. The van der Waals surface area contributed by atoms with Crippen LogP contribution < -0.4 is 14.8 Å². The van der Waals surface area contributed by atoms with E-state index in [1.54, 1.807) is 43.4 Å². The molecular formula is C26H24FN3O4S. The number of methoxy groups -OCH3 is 2. The van der Waals surface area contributed by atoms with E-state index >= 15 is 0 Å². The summed E-state index contributed by atoms with van der Waals surface area (Å²) in [6.07, 6.45) is 0.0191. The zero-order chi connectivity index (χ0) is 24.8. The van der Waals surface area contributed by atoms with Gasteiger partial charge in [0.15, 0.2) is 5.17 Å². The fourth-order valence-corrected chi connectivity index (χ4v) is 4.53. The van der Waals surface area contributed by atoms with Gasteiger partial charge in [-0.1, -0.05) is 23.9 Å². The van der Waals surface area contributed by atoms with Crippen LogP contribution in [0.25, 0.3) is 0 Å². The molecule has 7 nitrogen and oxygen atoms in total. The van der Waals surface area contributed by atoms with Gasteiger partial charge in [0.2, 0.25) is 11.8 Å². The smallest absolute Gasteiger partial charge is 0.238 e. The Morgan fingerprint density at radius 3 is 2.20 bits per heavy atom.